The number of hydrogen-bond donors (Lipinski definition) is 0. The summed E-state index contributed by atoms with van der Waals surface area (Å²) >= 11 is 0. The molecule has 0 fully saturated rings. The van der Waals surface area contributed by atoms with Crippen LogP contribution in [0.4, 0.5) is 0 Å². The zero-order valence-electron chi connectivity index (χ0n) is 8.44. The number of hydrogen-bond acceptors (Lipinski definition) is 3. The van der Waals surface area contributed by atoms with Crippen LogP contribution in [0.2, 0.25) is 0 Å². The van der Waals surface area contributed by atoms with Crippen molar-refractivity contribution in [2.75, 3.05) is 0 Å². The maximum atomic E-state index is 4.19. The number of aryl methyl sites for hydroxylation is 2. The van der Waals surface area contributed by atoms with Crippen LogP contribution >= 0.6 is 0 Å². The first-order valence-corrected chi connectivity index (χ1v) is 4.41. The van der Waals surface area contributed by atoms with Crippen molar-refractivity contribution < 1.29 is 0 Å². The van der Waals surface area contributed by atoms with E-state index < -0.39 is 0 Å². The maximum absolute atomic E-state index is 4.19. The lowest BCUT2D eigenvalue weighted by Gasteiger charge is -1.90. The molecule has 2 rings (SSSR count). The Bertz CT molecular complexity index is 391. The molecule has 0 aliphatic heterocycles. The lowest BCUT2D eigenvalue weighted by molar-refractivity contribution is 0.890. The van der Waals surface area contributed by atoms with Crippen molar-refractivity contribution in [3.63, 3.8) is 0 Å². The Hall–Kier alpha value is -1.45. The van der Waals surface area contributed by atoms with E-state index in [0.29, 0.717) is 0 Å². The Kier molecular flexibility index (Phi) is 2.95. The summed E-state index contributed by atoms with van der Waals surface area (Å²) in [5, 5.41) is 4.10. The number of nitrogens with zero attached hydrogens (tertiary/aromatic N) is 4. The Morgan fingerprint density at radius 2 is 1.92 bits per heavy atom. The molecule has 0 aliphatic rings. The monoisotopic (exact) mass is 178 g/mol. The summed E-state index contributed by atoms with van der Waals surface area (Å²) in [6.45, 7) is 7.80. The SMILES string of the molecule is CC.Cc1cc2nc(C)nn2cn1. The Labute approximate surface area is 77.6 Å². The highest BCUT2D eigenvalue weighted by Gasteiger charge is 1.97. The molecular weight excluding hydrogens is 164 g/mol. The first-order chi connectivity index (χ1) is 6.25. The minimum Gasteiger partial charge on any atom is -0.241 e. The highest BCUT2D eigenvalue weighted by molar-refractivity contribution is 5.37. The summed E-state index contributed by atoms with van der Waals surface area (Å²) in [7, 11) is 0. The smallest absolute Gasteiger partial charge is 0.159 e. The summed E-state index contributed by atoms with van der Waals surface area (Å²) in [4.78, 5) is 8.27. The van der Waals surface area contributed by atoms with Crippen molar-refractivity contribution in [3.8, 4) is 0 Å². The van der Waals surface area contributed by atoms with Gasteiger partial charge in [0.2, 0.25) is 0 Å². The van der Waals surface area contributed by atoms with Crippen LogP contribution in [-0.2, 0) is 0 Å². The van der Waals surface area contributed by atoms with Gasteiger partial charge >= 0.3 is 0 Å². The maximum Gasteiger partial charge on any atom is 0.159 e. The molecule has 0 saturated carbocycles. The fourth-order valence-electron chi connectivity index (χ4n) is 1.000. The van der Waals surface area contributed by atoms with Crippen LogP contribution in [0.25, 0.3) is 5.65 Å². The minimum atomic E-state index is 0.775. The third-order valence-corrected chi connectivity index (χ3v) is 1.47. The first-order valence-electron chi connectivity index (χ1n) is 4.41. The molecule has 0 saturated heterocycles. The van der Waals surface area contributed by atoms with E-state index in [0.717, 1.165) is 17.2 Å². The van der Waals surface area contributed by atoms with Gasteiger partial charge in [-0.2, -0.15) is 5.10 Å². The van der Waals surface area contributed by atoms with Crippen LogP contribution < -0.4 is 0 Å². The second kappa shape index (κ2) is 3.98. The normalized spacial score (nSPS) is 9.54. The largest absolute Gasteiger partial charge is 0.241 e. The third kappa shape index (κ3) is 2.02. The van der Waals surface area contributed by atoms with Gasteiger partial charge in [-0.05, 0) is 13.8 Å². The summed E-state index contributed by atoms with van der Waals surface area (Å²) in [5.74, 6) is 0.775. The van der Waals surface area contributed by atoms with Crippen molar-refractivity contribution in [2.24, 2.45) is 0 Å². The van der Waals surface area contributed by atoms with Gasteiger partial charge in [-0.25, -0.2) is 14.5 Å². The van der Waals surface area contributed by atoms with E-state index in [4.69, 9.17) is 0 Å². The van der Waals surface area contributed by atoms with E-state index >= 15 is 0 Å². The Morgan fingerprint density at radius 1 is 1.23 bits per heavy atom. The van der Waals surface area contributed by atoms with Crippen LogP contribution in [0, 0.1) is 13.8 Å². The van der Waals surface area contributed by atoms with E-state index in [1.165, 1.54) is 0 Å². The van der Waals surface area contributed by atoms with Crippen LogP contribution in [-0.4, -0.2) is 19.6 Å². The van der Waals surface area contributed by atoms with E-state index in [1.54, 1.807) is 10.8 Å². The predicted molar refractivity (Wildman–Crippen MR) is 51.6 cm³/mol. The minimum absolute atomic E-state index is 0.775. The molecule has 2 heterocycles. The van der Waals surface area contributed by atoms with Crippen LogP contribution in [0.5, 0.6) is 0 Å². The van der Waals surface area contributed by atoms with Gasteiger partial charge in [-0.3, -0.25) is 0 Å². The van der Waals surface area contributed by atoms with E-state index in [9.17, 15) is 0 Å². The highest BCUT2D eigenvalue weighted by atomic mass is 15.3. The second-order valence-corrected chi connectivity index (χ2v) is 2.49. The summed E-state index contributed by atoms with van der Waals surface area (Å²) in [5.41, 5.74) is 1.82. The van der Waals surface area contributed by atoms with Crippen molar-refractivity contribution in [3.05, 3.63) is 23.9 Å². The van der Waals surface area contributed by atoms with Gasteiger partial charge in [0.15, 0.2) is 5.65 Å². The summed E-state index contributed by atoms with van der Waals surface area (Å²) < 4.78 is 1.67. The molecule has 4 heteroatoms. The van der Waals surface area contributed by atoms with E-state index in [2.05, 4.69) is 15.1 Å². The molecule has 2 aromatic rings. The lowest BCUT2D eigenvalue weighted by atomic mass is 10.4. The standard InChI is InChI=1S/C7H8N4.C2H6/c1-5-3-7-9-6(2)10-11(7)4-8-5;1-2/h3-4H,1-2H3;1-2H3. The van der Waals surface area contributed by atoms with Gasteiger partial charge < -0.3 is 0 Å². The molecule has 0 unspecified atom stereocenters. The van der Waals surface area contributed by atoms with Gasteiger partial charge in [0.05, 0.1) is 0 Å². The molecule has 0 radical (unpaired) electrons. The zero-order valence-corrected chi connectivity index (χ0v) is 8.44. The highest BCUT2D eigenvalue weighted by Crippen LogP contribution is 2.00. The predicted octanol–water partition coefficient (Wildman–Crippen LogP) is 1.77. The molecule has 0 spiro atoms. The summed E-state index contributed by atoms with van der Waals surface area (Å²) in [6.07, 6.45) is 1.67. The molecule has 0 atom stereocenters. The number of fused-ring (bicyclic) bond motifs is 1. The van der Waals surface area contributed by atoms with Crippen molar-refractivity contribution in [1.29, 1.82) is 0 Å². The average molecular weight is 178 g/mol. The third-order valence-electron chi connectivity index (χ3n) is 1.47. The first kappa shape index (κ1) is 9.64. The molecule has 4 nitrogen and oxygen atoms in total. The van der Waals surface area contributed by atoms with Gasteiger partial charge in [-0.15, -0.1) is 0 Å². The molecule has 0 aliphatic carbocycles. The summed E-state index contributed by atoms with van der Waals surface area (Å²) in [6, 6.07) is 1.90. The molecule has 0 N–H and O–H groups in total. The van der Waals surface area contributed by atoms with E-state index in [-0.39, 0.29) is 0 Å². The molecular formula is C9H14N4. The van der Waals surface area contributed by atoms with Crippen LogP contribution in [0.3, 0.4) is 0 Å². The fourth-order valence-corrected chi connectivity index (χ4v) is 1.000. The average Bonchev–Trinajstić information content (AvgIpc) is 2.48. The molecule has 0 bridgehead atoms. The Balaban J connectivity index is 0.000000396. The quantitative estimate of drug-likeness (QED) is 0.617. The van der Waals surface area contributed by atoms with Crippen LogP contribution in [0.15, 0.2) is 12.4 Å². The molecule has 70 valence electrons. The number of rotatable bonds is 0. The molecule has 0 amide bonds. The topological polar surface area (TPSA) is 43.1 Å². The van der Waals surface area contributed by atoms with Crippen molar-refractivity contribution >= 4 is 5.65 Å². The van der Waals surface area contributed by atoms with Crippen molar-refractivity contribution in [2.45, 2.75) is 27.7 Å². The van der Waals surface area contributed by atoms with Gasteiger partial charge in [0.25, 0.3) is 0 Å². The lowest BCUT2D eigenvalue weighted by Crippen LogP contribution is -1.90. The van der Waals surface area contributed by atoms with Crippen LogP contribution in [0.1, 0.15) is 25.4 Å². The Morgan fingerprint density at radius 3 is 2.62 bits per heavy atom. The molecule has 13 heavy (non-hydrogen) atoms. The van der Waals surface area contributed by atoms with Gasteiger partial charge in [0.1, 0.15) is 12.2 Å². The van der Waals surface area contributed by atoms with E-state index in [1.807, 2.05) is 33.8 Å². The van der Waals surface area contributed by atoms with Crippen molar-refractivity contribution in [1.82, 2.24) is 19.6 Å². The molecule has 0 aromatic carbocycles. The van der Waals surface area contributed by atoms with Gasteiger partial charge in [0, 0.05) is 11.8 Å². The van der Waals surface area contributed by atoms with Gasteiger partial charge in [-0.1, -0.05) is 13.8 Å². The zero-order chi connectivity index (χ0) is 9.84. The molecule has 2 aromatic heterocycles. The second-order valence-electron chi connectivity index (χ2n) is 2.49. The fraction of sp³-hybridized carbons (Fsp3) is 0.444. The number of aromatic nitrogens is 4.